The Hall–Kier alpha value is -1.09. The zero-order valence-corrected chi connectivity index (χ0v) is 7.60. The minimum atomic E-state index is -0.0947. The molecular weight excluding hydrogens is 167 g/mol. The molecular formula is C10H13FN2. The highest BCUT2D eigenvalue weighted by atomic mass is 19.1. The number of anilines is 1. The fraction of sp³-hybridized carbons (Fsp3) is 0.400. The van der Waals surface area contributed by atoms with Crippen molar-refractivity contribution in [3.63, 3.8) is 0 Å². The van der Waals surface area contributed by atoms with Gasteiger partial charge in [0.25, 0.3) is 0 Å². The topological polar surface area (TPSA) is 24.1 Å². The average Bonchev–Trinajstić information content (AvgIpc) is 2.51. The fourth-order valence-electron chi connectivity index (χ4n) is 1.86. The Morgan fingerprint density at radius 2 is 2.46 bits per heavy atom. The Kier molecular flexibility index (Phi) is 2.19. The van der Waals surface area contributed by atoms with E-state index in [9.17, 15) is 4.39 Å². The monoisotopic (exact) mass is 180 g/mol. The lowest BCUT2D eigenvalue weighted by Gasteiger charge is -2.09. The zero-order valence-electron chi connectivity index (χ0n) is 7.60. The molecule has 0 amide bonds. The van der Waals surface area contributed by atoms with Crippen molar-refractivity contribution < 1.29 is 4.39 Å². The largest absolute Gasteiger partial charge is 0.384 e. The third kappa shape index (κ3) is 1.40. The first-order valence-electron chi connectivity index (χ1n) is 4.50. The molecule has 1 aromatic rings. The molecule has 1 aromatic carbocycles. The van der Waals surface area contributed by atoms with Gasteiger partial charge in [-0.1, -0.05) is 6.07 Å². The summed E-state index contributed by atoms with van der Waals surface area (Å²) in [6.45, 7) is 1.65. The Bertz CT molecular complexity index is 310. The quantitative estimate of drug-likeness (QED) is 0.721. The summed E-state index contributed by atoms with van der Waals surface area (Å²) in [5, 5.41) is 6.27. The van der Waals surface area contributed by atoms with Gasteiger partial charge in [0.1, 0.15) is 5.82 Å². The van der Waals surface area contributed by atoms with Crippen LogP contribution >= 0.6 is 0 Å². The van der Waals surface area contributed by atoms with E-state index in [1.54, 1.807) is 6.07 Å². The van der Waals surface area contributed by atoms with E-state index in [0.29, 0.717) is 0 Å². The lowest BCUT2D eigenvalue weighted by atomic mass is 10.0. The molecule has 0 spiro atoms. The maximum absolute atomic E-state index is 13.4. The summed E-state index contributed by atoms with van der Waals surface area (Å²) in [5.41, 5.74) is 1.78. The molecule has 0 aliphatic carbocycles. The van der Waals surface area contributed by atoms with Crippen LogP contribution in [0.4, 0.5) is 10.1 Å². The SMILES string of the molecule is CNCC1CNc2cccc(F)c21. The van der Waals surface area contributed by atoms with Crippen molar-refractivity contribution in [3.05, 3.63) is 29.6 Å². The van der Waals surface area contributed by atoms with Gasteiger partial charge in [-0.15, -0.1) is 0 Å². The van der Waals surface area contributed by atoms with Gasteiger partial charge < -0.3 is 10.6 Å². The molecule has 0 radical (unpaired) electrons. The number of likely N-dealkylation sites (N-methyl/N-ethyl adjacent to an activating group) is 1. The van der Waals surface area contributed by atoms with E-state index < -0.39 is 0 Å². The van der Waals surface area contributed by atoms with Gasteiger partial charge in [-0.25, -0.2) is 4.39 Å². The van der Waals surface area contributed by atoms with E-state index >= 15 is 0 Å². The molecule has 0 bridgehead atoms. The predicted octanol–water partition coefficient (Wildman–Crippen LogP) is 1.55. The second kappa shape index (κ2) is 3.34. The normalized spacial score (nSPS) is 19.7. The van der Waals surface area contributed by atoms with Crippen molar-refractivity contribution in [2.75, 3.05) is 25.5 Å². The van der Waals surface area contributed by atoms with Crippen LogP contribution in [-0.4, -0.2) is 20.1 Å². The van der Waals surface area contributed by atoms with Crippen LogP contribution in [0.5, 0.6) is 0 Å². The third-order valence-electron chi connectivity index (χ3n) is 2.45. The summed E-state index contributed by atoms with van der Waals surface area (Å²) in [6, 6.07) is 5.19. The molecule has 0 fully saturated rings. The summed E-state index contributed by atoms with van der Waals surface area (Å²) in [4.78, 5) is 0. The highest BCUT2D eigenvalue weighted by Crippen LogP contribution is 2.32. The smallest absolute Gasteiger partial charge is 0.128 e. The van der Waals surface area contributed by atoms with Crippen molar-refractivity contribution in [1.29, 1.82) is 0 Å². The first kappa shape index (κ1) is 8.51. The van der Waals surface area contributed by atoms with Gasteiger partial charge in [-0.2, -0.15) is 0 Å². The van der Waals surface area contributed by atoms with Gasteiger partial charge >= 0.3 is 0 Å². The second-order valence-corrected chi connectivity index (χ2v) is 3.34. The summed E-state index contributed by atoms with van der Waals surface area (Å²) in [7, 11) is 1.89. The number of benzene rings is 1. The van der Waals surface area contributed by atoms with E-state index in [1.807, 2.05) is 13.1 Å². The highest BCUT2D eigenvalue weighted by molar-refractivity contribution is 5.58. The molecule has 1 heterocycles. The lowest BCUT2D eigenvalue weighted by Crippen LogP contribution is -2.19. The maximum atomic E-state index is 13.4. The molecule has 0 saturated heterocycles. The maximum Gasteiger partial charge on any atom is 0.128 e. The molecule has 1 atom stereocenters. The molecule has 70 valence electrons. The summed E-state index contributed by atoms with van der Waals surface area (Å²) < 4.78 is 13.4. The molecule has 0 saturated carbocycles. The second-order valence-electron chi connectivity index (χ2n) is 3.34. The number of halogens is 1. The minimum absolute atomic E-state index is 0.0947. The van der Waals surface area contributed by atoms with Crippen LogP contribution in [0.1, 0.15) is 11.5 Å². The Morgan fingerprint density at radius 3 is 3.23 bits per heavy atom. The number of hydrogen-bond donors (Lipinski definition) is 2. The molecule has 13 heavy (non-hydrogen) atoms. The van der Waals surface area contributed by atoms with Crippen LogP contribution in [0.15, 0.2) is 18.2 Å². The Balaban J connectivity index is 2.34. The van der Waals surface area contributed by atoms with Gasteiger partial charge in [-0.05, 0) is 19.2 Å². The molecule has 1 unspecified atom stereocenters. The van der Waals surface area contributed by atoms with Crippen LogP contribution in [0.3, 0.4) is 0 Å². The Labute approximate surface area is 77.2 Å². The van der Waals surface area contributed by atoms with Gasteiger partial charge in [0.15, 0.2) is 0 Å². The molecule has 0 aromatic heterocycles. The predicted molar refractivity (Wildman–Crippen MR) is 51.6 cm³/mol. The minimum Gasteiger partial charge on any atom is -0.384 e. The summed E-state index contributed by atoms with van der Waals surface area (Å²) in [6.07, 6.45) is 0. The molecule has 1 aliphatic heterocycles. The summed E-state index contributed by atoms with van der Waals surface area (Å²) in [5.74, 6) is 0.170. The number of nitrogens with one attached hydrogen (secondary N) is 2. The molecule has 2 nitrogen and oxygen atoms in total. The van der Waals surface area contributed by atoms with Gasteiger partial charge in [0, 0.05) is 30.3 Å². The van der Waals surface area contributed by atoms with Crippen LogP contribution in [0, 0.1) is 5.82 Å². The fourth-order valence-corrected chi connectivity index (χ4v) is 1.86. The van der Waals surface area contributed by atoms with Crippen LogP contribution in [0.25, 0.3) is 0 Å². The van der Waals surface area contributed by atoms with Crippen LogP contribution in [0.2, 0.25) is 0 Å². The number of fused-ring (bicyclic) bond motifs is 1. The molecule has 2 N–H and O–H groups in total. The zero-order chi connectivity index (χ0) is 9.26. The lowest BCUT2D eigenvalue weighted by molar-refractivity contribution is 0.582. The van der Waals surface area contributed by atoms with Crippen molar-refractivity contribution in [3.8, 4) is 0 Å². The number of hydrogen-bond acceptors (Lipinski definition) is 2. The number of rotatable bonds is 2. The van der Waals surface area contributed by atoms with Crippen molar-refractivity contribution in [2.24, 2.45) is 0 Å². The van der Waals surface area contributed by atoms with Crippen LogP contribution < -0.4 is 10.6 Å². The van der Waals surface area contributed by atoms with E-state index in [-0.39, 0.29) is 11.7 Å². The first-order chi connectivity index (χ1) is 6.33. The van der Waals surface area contributed by atoms with Crippen molar-refractivity contribution in [2.45, 2.75) is 5.92 Å². The van der Waals surface area contributed by atoms with E-state index in [4.69, 9.17) is 0 Å². The van der Waals surface area contributed by atoms with E-state index in [1.165, 1.54) is 6.07 Å². The van der Waals surface area contributed by atoms with E-state index in [2.05, 4.69) is 10.6 Å². The van der Waals surface area contributed by atoms with E-state index in [0.717, 1.165) is 24.3 Å². The average molecular weight is 180 g/mol. The third-order valence-corrected chi connectivity index (χ3v) is 2.45. The highest BCUT2D eigenvalue weighted by Gasteiger charge is 2.24. The summed E-state index contributed by atoms with van der Waals surface area (Å²) >= 11 is 0. The first-order valence-corrected chi connectivity index (χ1v) is 4.50. The molecule has 3 heteroatoms. The van der Waals surface area contributed by atoms with Gasteiger partial charge in [0.2, 0.25) is 0 Å². The van der Waals surface area contributed by atoms with Crippen molar-refractivity contribution >= 4 is 5.69 Å². The standard InChI is InChI=1S/C10H13FN2/c1-12-5-7-6-13-9-4-2-3-8(11)10(7)9/h2-4,7,12-13H,5-6H2,1H3. The van der Waals surface area contributed by atoms with Gasteiger partial charge in [0.05, 0.1) is 0 Å². The van der Waals surface area contributed by atoms with Crippen molar-refractivity contribution in [1.82, 2.24) is 5.32 Å². The van der Waals surface area contributed by atoms with Crippen LogP contribution in [-0.2, 0) is 0 Å². The van der Waals surface area contributed by atoms with Gasteiger partial charge in [-0.3, -0.25) is 0 Å². The molecule has 1 aliphatic rings. The molecule has 2 rings (SSSR count). The Morgan fingerprint density at radius 1 is 1.62 bits per heavy atom.